The Kier molecular flexibility index (Phi) is 7.35. The number of likely N-dealkylation sites (tertiary alicyclic amines) is 1. The predicted molar refractivity (Wildman–Crippen MR) is 175 cm³/mol. The van der Waals surface area contributed by atoms with Gasteiger partial charge in [0.05, 0.1) is 53.3 Å². The van der Waals surface area contributed by atoms with Crippen LogP contribution >= 0.6 is 22.9 Å². The summed E-state index contributed by atoms with van der Waals surface area (Å²) in [7, 11) is 0. The molecule has 3 fully saturated rings. The van der Waals surface area contributed by atoms with E-state index < -0.39 is 17.5 Å². The minimum atomic E-state index is -0.754. The van der Waals surface area contributed by atoms with Crippen LogP contribution in [0.4, 0.5) is 14.2 Å². The molecule has 0 unspecified atom stereocenters. The van der Waals surface area contributed by atoms with Gasteiger partial charge in [0.25, 0.3) is 0 Å². The fraction of sp³-hybridized carbons (Fsp3) is 0.471. The van der Waals surface area contributed by atoms with Crippen LogP contribution in [0.3, 0.4) is 0 Å². The molecule has 13 heteroatoms. The third-order valence-electron chi connectivity index (χ3n) is 9.48. The first-order chi connectivity index (χ1) is 22.5. The van der Waals surface area contributed by atoms with Crippen LogP contribution < -0.4 is 10.1 Å². The molecule has 2 saturated heterocycles. The van der Waals surface area contributed by atoms with Gasteiger partial charge in [-0.3, -0.25) is 10.2 Å². The second-order valence-electron chi connectivity index (χ2n) is 14.0. The highest BCUT2D eigenvalue weighted by atomic mass is 35.5. The Hall–Kier alpha value is -3.60. The van der Waals surface area contributed by atoms with Crippen LogP contribution in [0.1, 0.15) is 56.7 Å². The molecule has 4 aromatic rings. The molecule has 2 bridgehead atoms. The molecule has 4 aliphatic rings. The molecule has 1 amide bonds. The summed E-state index contributed by atoms with van der Waals surface area (Å²) < 4.78 is 38.8. The lowest BCUT2D eigenvalue weighted by molar-refractivity contribution is 0.0176. The van der Waals surface area contributed by atoms with E-state index in [0.29, 0.717) is 52.4 Å². The zero-order valence-electron chi connectivity index (χ0n) is 26.2. The first-order valence-electron chi connectivity index (χ1n) is 15.7. The molecule has 244 valence electrons. The fourth-order valence-electron chi connectivity index (χ4n) is 7.06. The summed E-state index contributed by atoms with van der Waals surface area (Å²) in [6.45, 7) is 9.11. The zero-order valence-corrected chi connectivity index (χ0v) is 27.8. The van der Waals surface area contributed by atoms with E-state index in [1.54, 1.807) is 33.0 Å². The number of morpholine rings is 1. The van der Waals surface area contributed by atoms with Gasteiger partial charge in [-0.2, -0.15) is 10.2 Å². The minimum Gasteiger partial charge on any atom is -0.463 e. The summed E-state index contributed by atoms with van der Waals surface area (Å²) >= 11 is 8.17. The van der Waals surface area contributed by atoms with Crippen molar-refractivity contribution in [2.75, 3.05) is 31.6 Å². The Bertz CT molecular complexity index is 2000. The van der Waals surface area contributed by atoms with Crippen LogP contribution in [0, 0.1) is 22.6 Å². The van der Waals surface area contributed by atoms with E-state index in [1.165, 1.54) is 6.07 Å². The number of ether oxygens (including phenoxy) is 4. The van der Waals surface area contributed by atoms with E-state index in [9.17, 15) is 10.1 Å². The SMILES string of the molecule is CC(C)(C)OC(=O)Nc1sc2c(F)ccc(-c3c4c(c5cnc(OCC6(CN7C[C@@H]8C[C@H]7CO8)CC6)nc5c3Cl)COC4)c2c1C#N. The van der Waals surface area contributed by atoms with E-state index in [1.807, 2.05) is 0 Å². The van der Waals surface area contributed by atoms with Crippen LogP contribution in [0.15, 0.2) is 18.3 Å². The van der Waals surface area contributed by atoms with Crippen molar-refractivity contribution in [3.8, 4) is 23.2 Å². The van der Waals surface area contributed by atoms with Crippen molar-refractivity contribution in [2.24, 2.45) is 5.41 Å². The summed E-state index contributed by atoms with van der Waals surface area (Å²) in [5.41, 5.74) is 2.80. The number of amides is 1. The number of anilines is 1. The molecule has 0 spiro atoms. The molecule has 2 atom stereocenters. The second kappa shape index (κ2) is 11.2. The lowest BCUT2D eigenvalue weighted by Crippen LogP contribution is -2.42. The number of benzene rings is 2. The van der Waals surface area contributed by atoms with Crippen molar-refractivity contribution in [1.82, 2.24) is 14.9 Å². The molecule has 1 aliphatic carbocycles. The van der Waals surface area contributed by atoms with Crippen molar-refractivity contribution >= 4 is 55.0 Å². The third-order valence-corrected chi connectivity index (χ3v) is 11.0. The molecule has 1 saturated carbocycles. The molecule has 10 nitrogen and oxygen atoms in total. The number of carbonyl (C=O) groups excluding carboxylic acids is 1. The van der Waals surface area contributed by atoms with Gasteiger partial charge in [0, 0.05) is 47.1 Å². The third kappa shape index (κ3) is 5.48. The van der Waals surface area contributed by atoms with E-state index >= 15 is 4.39 Å². The largest absolute Gasteiger partial charge is 0.463 e. The highest BCUT2D eigenvalue weighted by Gasteiger charge is 2.49. The molecule has 2 aromatic carbocycles. The number of halogens is 2. The number of nitriles is 1. The van der Waals surface area contributed by atoms with Crippen molar-refractivity contribution < 1.29 is 28.1 Å². The maximum absolute atomic E-state index is 15.3. The van der Waals surface area contributed by atoms with Gasteiger partial charge < -0.3 is 18.9 Å². The monoisotopic (exact) mass is 677 g/mol. The Morgan fingerprint density at radius 1 is 1.30 bits per heavy atom. The van der Waals surface area contributed by atoms with Crippen molar-refractivity contribution in [2.45, 2.75) is 71.0 Å². The number of aromatic nitrogens is 2. The first-order valence-corrected chi connectivity index (χ1v) is 16.9. The first kappa shape index (κ1) is 30.7. The molecule has 1 N–H and O–H groups in total. The number of rotatable bonds is 7. The van der Waals surface area contributed by atoms with Crippen molar-refractivity contribution in [1.29, 1.82) is 5.26 Å². The fourth-order valence-corrected chi connectivity index (χ4v) is 8.49. The van der Waals surface area contributed by atoms with E-state index in [4.69, 9.17) is 35.5 Å². The highest BCUT2D eigenvalue weighted by molar-refractivity contribution is 7.23. The average molecular weight is 678 g/mol. The lowest BCUT2D eigenvalue weighted by atomic mass is 9.91. The summed E-state index contributed by atoms with van der Waals surface area (Å²) in [6, 6.07) is 5.87. The van der Waals surface area contributed by atoms with E-state index in [-0.39, 0.29) is 33.3 Å². The normalized spacial score (nSPS) is 21.3. The number of nitrogens with zero attached hydrogens (tertiary/aromatic N) is 4. The topological polar surface area (TPSA) is 119 Å². The van der Waals surface area contributed by atoms with Gasteiger partial charge in [0.15, 0.2) is 0 Å². The van der Waals surface area contributed by atoms with E-state index in [2.05, 4.69) is 21.3 Å². The van der Waals surface area contributed by atoms with Gasteiger partial charge in [0.1, 0.15) is 22.5 Å². The van der Waals surface area contributed by atoms with Gasteiger partial charge in [-0.05, 0) is 62.8 Å². The average Bonchev–Trinajstić information content (AvgIpc) is 3.46. The van der Waals surface area contributed by atoms with Crippen LogP contribution in [0.25, 0.3) is 32.1 Å². The van der Waals surface area contributed by atoms with Gasteiger partial charge >= 0.3 is 12.1 Å². The quantitative estimate of drug-likeness (QED) is 0.217. The second-order valence-corrected chi connectivity index (χ2v) is 15.4. The summed E-state index contributed by atoms with van der Waals surface area (Å²) in [5.74, 6) is -0.520. The number of nitrogens with one attached hydrogen (secondary N) is 1. The maximum atomic E-state index is 15.3. The Balaban J connectivity index is 1.16. The number of hydrogen-bond acceptors (Lipinski definition) is 10. The van der Waals surface area contributed by atoms with Gasteiger partial charge in [0.2, 0.25) is 0 Å². The maximum Gasteiger partial charge on any atom is 0.412 e. The number of hydrogen-bond donors (Lipinski definition) is 1. The zero-order chi connectivity index (χ0) is 32.7. The smallest absolute Gasteiger partial charge is 0.412 e. The van der Waals surface area contributed by atoms with Crippen LogP contribution in [-0.4, -0.2) is 65.0 Å². The summed E-state index contributed by atoms with van der Waals surface area (Å²) in [4.78, 5) is 24.5. The Labute approximate surface area is 279 Å². The molecule has 0 radical (unpaired) electrons. The molecule has 47 heavy (non-hydrogen) atoms. The molecule has 2 aromatic heterocycles. The van der Waals surface area contributed by atoms with Crippen LogP contribution in [-0.2, 0) is 27.4 Å². The van der Waals surface area contributed by atoms with E-state index in [0.717, 1.165) is 66.8 Å². The van der Waals surface area contributed by atoms with Gasteiger partial charge in [-0.25, -0.2) is 14.2 Å². The lowest BCUT2D eigenvalue weighted by Gasteiger charge is -2.30. The molecule has 8 rings (SSSR count). The number of carbonyl (C=O) groups is 1. The standard InChI is InChI=1S/C34H33ClFN5O5S/c1-33(2,3)46-32(42)40-30-20(9-37)26-19(4-5-24(36)29(26)47-30)25-23-14-43-13-22(23)21-10-38-31(39-28(21)27(25)35)45-16-34(6-7-34)15-41-11-18-8-17(41)12-44-18/h4-5,10,17-18H,6-8,11-16H2,1-3H3,(H,40,42)/t17-,18-/m0/s1. The summed E-state index contributed by atoms with van der Waals surface area (Å²) in [5, 5.41) is 14.5. The van der Waals surface area contributed by atoms with Crippen molar-refractivity contribution in [3.05, 3.63) is 45.9 Å². The van der Waals surface area contributed by atoms with Crippen LogP contribution in [0.2, 0.25) is 5.02 Å². The number of thiophene rings is 1. The summed E-state index contributed by atoms with van der Waals surface area (Å²) in [6.07, 6.45) is 4.65. The van der Waals surface area contributed by atoms with Crippen molar-refractivity contribution in [3.63, 3.8) is 0 Å². The molecular formula is C34H33ClFN5O5S. The molecule has 3 aliphatic heterocycles. The number of fused-ring (bicyclic) bond motifs is 6. The highest BCUT2D eigenvalue weighted by Crippen LogP contribution is 2.50. The molecular weight excluding hydrogens is 645 g/mol. The molecule has 5 heterocycles. The Morgan fingerprint density at radius 3 is 2.81 bits per heavy atom. The Morgan fingerprint density at radius 2 is 2.11 bits per heavy atom. The minimum absolute atomic E-state index is 0.0843. The van der Waals surface area contributed by atoms with Gasteiger partial charge in [-0.15, -0.1) is 11.3 Å². The predicted octanol–water partition coefficient (Wildman–Crippen LogP) is 7.18. The van der Waals surface area contributed by atoms with Gasteiger partial charge in [-0.1, -0.05) is 17.7 Å². The van der Waals surface area contributed by atoms with Crippen LogP contribution in [0.5, 0.6) is 6.01 Å².